The van der Waals surface area contributed by atoms with E-state index in [1.807, 2.05) is 38.1 Å². The van der Waals surface area contributed by atoms with Crippen molar-refractivity contribution in [3.8, 4) is 11.5 Å². The lowest BCUT2D eigenvalue weighted by molar-refractivity contribution is 0.414. The summed E-state index contributed by atoms with van der Waals surface area (Å²) in [5.74, 6) is 1.44. The topological polar surface area (TPSA) is 271 Å². The summed E-state index contributed by atoms with van der Waals surface area (Å²) >= 11 is 12.1. The summed E-state index contributed by atoms with van der Waals surface area (Å²) < 4.78 is 28.4. The molecule has 0 amide bonds. The standard InChI is InChI=1S/C24H29Cl2N7O3.C21H24FN7O3/c1-15(2)30-21(27)28-10-11-29-22-31-23(34)33(14-17-6-9-19(25)20(26)12-17)24(35)32(22)13-16-4-7-18(36-3)8-5-16;1-32-17-8-4-15(5-9-17)12-28-19(26-11-10-25-18(23)24)27-20(30)29(21(28)31)13-14-2-6-16(22)7-3-14/h4-9,12,15H,10-11,13-14H2,1-3H3,(H3,27,28,30)(H,29,31,34);2-9H,10-13H2,1H3,(H4,23,24,25)(H,26,27,30). The Morgan fingerprint density at radius 1 is 0.618 bits per heavy atom. The van der Waals surface area contributed by atoms with Crippen LogP contribution in [0.15, 0.2) is 120 Å². The van der Waals surface area contributed by atoms with Crippen LogP contribution in [-0.2, 0) is 26.2 Å². The maximum absolute atomic E-state index is 13.5. The molecule has 0 radical (unpaired) electrons. The zero-order valence-electron chi connectivity index (χ0n) is 37.8. The number of halogens is 3. The number of aromatic nitrogens is 6. The van der Waals surface area contributed by atoms with Crippen LogP contribution in [-0.4, -0.2) is 86.6 Å². The van der Waals surface area contributed by atoms with Crippen LogP contribution in [0.5, 0.6) is 11.5 Å². The first-order valence-electron chi connectivity index (χ1n) is 21.0. The lowest BCUT2D eigenvalue weighted by atomic mass is 10.2. The minimum atomic E-state index is -0.727. The van der Waals surface area contributed by atoms with Crippen LogP contribution in [0, 0.1) is 5.82 Å². The van der Waals surface area contributed by atoms with Gasteiger partial charge in [0.15, 0.2) is 11.9 Å². The second-order valence-corrected chi connectivity index (χ2v) is 16.0. The highest BCUT2D eigenvalue weighted by molar-refractivity contribution is 6.42. The zero-order chi connectivity index (χ0) is 49.3. The van der Waals surface area contributed by atoms with Gasteiger partial charge in [-0.25, -0.2) is 32.7 Å². The van der Waals surface area contributed by atoms with E-state index in [2.05, 4.69) is 35.9 Å². The third kappa shape index (κ3) is 14.9. The molecule has 0 aliphatic carbocycles. The van der Waals surface area contributed by atoms with Crippen molar-refractivity contribution in [3.05, 3.63) is 171 Å². The Labute approximate surface area is 399 Å². The molecule has 23 heteroatoms. The first-order valence-corrected chi connectivity index (χ1v) is 21.8. The van der Waals surface area contributed by atoms with Crippen molar-refractivity contribution in [2.24, 2.45) is 27.2 Å². The number of ether oxygens (including phenoxy) is 2. The lowest BCUT2D eigenvalue weighted by Crippen LogP contribution is -2.43. The number of nitrogens with two attached hydrogens (primary N) is 3. The van der Waals surface area contributed by atoms with Gasteiger partial charge < -0.3 is 42.6 Å². The maximum Gasteiger partial charge on any atom is 0.355 e. The smallest absolute Gasteiger partial charge is 0.355 e. The average molecular weight is 976 g/mol. The van der Waals surface area contributed by atoms with Gasteiger partial charge >= 0.3 is 22.8 Å². The predicted molar refractivity (Wildman–Crippen MR) is 263 cm³/mol. The fourth-order valence-electron chi connectivity index (χ4n) is 6.34. The molecule has 0 aliphatic heterocycles. The summed E-state index contributed by atoms with van der Waals surface area (Å²) in [5.41, 5.74) is 16.8. The predicted octanol–water partition coefficient (Wildman–Crippen LogP) is 2.88. The van der Waals surface area contributed by atoms with Gasteiger partial charge in [0.1, 0.15) is 17.3 Å². The Bertz CT molecular complexity index is 2930. The first kappa shape index (κ1) is 51.3. The Balaban J connectivity index is 0.000000256. The first-order chi connectivity index (χ1) is 32.5. The van der Waals surface area contributed by atoms with Crippen molar-refractivity contribution in [1.29, 1.82) is 0 Å². The van der Waals surface area contributed by atoms with Gasteiger partial charge in [0.05, 0.1) is 63.5 Å². The van der Waals surface area contributed by atoms with E-state index in [0.29, 0.717) is 51.7 Å². The number of nitrogens with zero attached hydrogens (tertiary/aromatic N) is 8. The van der Waals surface area contributed by atoms with Crippen LogP contribution in [0.1, 0.15) is 36.1 Å². The van der Waals surface area contributed by atoms with Gasteiger partial charge in [-0.3, -0.25) is 19.1 Å². The van der Waals surface area contributed by atoms with Crippen molar-refractivity contribution in [3.63, 3.8) is 0 Å². The van der Waals surface area contributed by atoms with E-state index >= 15 is 0 Å². The molecular weight excluding hydrogens is 922 g/mol. The number of benzene rings is 4. The van der Waals surface area contributed by atoms with Gasteiger partial charge in [-0.2, -0.15) is 9.97 Å². The minimum absolute atomic E-state index is 0.00779. The second kappa shape index (κ2) is 24.8. The molecule has 0 bridgehead atoms. The van der Waals surface area contributed by atoms with Crippen LogP contribution in [0.25, 0.3) is 0 Å². The van der Waals surface area contributed by atoms with Crippen LogP contribution >= 0.6 is 23.2 Å². The number of hydrogen-bond donors (Lipinski definition) is 6. The van der Waals surface area contributed by atoms with E-state index in [4.69, 9.17) is 49.9 Å². The molecule has 68 heavy (non-hydrogen) atoms. The van der Waals surface area contributed by atoms with E-state index in [1.165, 1.54) is 33.4 Å². The lowest BCUT2D eigenvalue weighted by Gasteiger charge is -2.16. The molecule has 4 aromatic carbocycles. The summed E-state index contributed by atoms with van der Waals surface area (Å²) in [5, 5.41) is 9.69. The molecule has 0 spiro atoms. The highest BCUT2D eigenvalue weighted by atomic mass is 35.5. The molecular formula is C45H53Cl2FN14O6. The van der Waals surface area contributed by atoms with E-state index < -0.39 is 28.6 Å². The molecule has 0 saturated carbocycles. The van der Waals surface area contributed by atoms with Crippen molar-refractivity contribution >= 4 is 47.0 Å². The molecule has 0 saturated heterocycles. The van der Waals surface area contributed by atoms with E-state index in [-0.39, 0.29) is 63.2 Å². The maximum atomic E-state index is 13.5. The van der Waals surface area contributed by atoms with Gasteiger partial charge in [0.2, 0.25) is 11.9 Å². The van der Waals surface area contributed by atoms with Crippen molar-refractivity contribution in [2.45, 2.75) is 46.1 Å². The number of hydrogen-bond acceptors (Lipinski definition) is 12. The SMILES string of the molecule is COc1ccc(Cn2c(NCCN=C(N)N)nc(=O)n(Cc3ccc(F)cc3)c2=O)cc1.COc1ccc(Cn2c(NCCN=C(N)NC(C)C)nc(=O)n(Cc3ccc(Cl)c(Cl)c3)c2=O)cc1. The third-order valence-corrected chi connectivity index (χ3v) is 10.4. The molecule has 2 heterocycles. The van der Waals surface area contributed by atoms with Crippen molar-refractivity contribution in [2.75, 3.05) is 51.0 Å². The van der Waals surface area contributed by atoms with Gasteiger partial charge in [-0.15, -0.1) is 0 Å². The molecule has 0 fully saturated rings. The Kier molecular flexibility index (Phi) is 18.7. The Morgan fingerprint density at radius 3 is 1.46 bits per heavy atom. The number of guanidine groups is 2. The summed E-state index contributed by atoms with van der Waals surface area (Å²) in [4.78, 5) is 68.4. The zero-order valence-corrected chi connectivity index (χ0v) is 39.3. The second-order valence-electron chi connectivity index (χ2n) is 15.1. The summed E-state index contributed by atoms with van der Waals surface area (Å²) in [6.07, 6.45) is 0. The highest BCUT2D eigenvalue weighted by Crippen LogP contribution is 2.23. The van der Waals surface area contributed by atoms with Crippen LogP contribution in [0.3, 0.4) is 0 Å². The number of aliphatic imine (C=N–C) groups is 2. The molecule has 6 rings (SSSR count). The van der Waals surface area contributed by atoms with E-state index in [0.717, 1.165) is 20.3 Å². The number of nitrogens with one attached hydrogen (secondary N) is 3. The van der Waals surface area contributed by atoms with E-state index in [9.17, 15) is 23.6 Å². The monoisotopic (exact) mass is 974 g/mol. The largest absolute Gasteiger partial charge is 0.497 e. The summed E-state index contributed by atoms with van der Waals surface area (Å²) in [7, 11) is 3.14. The van der Waals surface area contributed by atoms with Gasteiger partial charge in [0, 0.05) is 19.1 Å². The molecule has 360 valence electrons. The summed E-state index contributed by atoms with van der Waals surface area (Å²) in [6.45, 7) is 5.32. The normalized spacial score (nSPS) is 11.1. The van der Waals surface area contributed by atoms with Crippen LogP contribution in [0.2, 0.25) is 10.0 Å². The van der Waals surface area contributed by atoms with Gasteiger partial charge in [0.25, 0.3) is 0 Å². The average Bonchev–Trinajstić information content (AvgIpc) is 3.31. The molecule has 6 aromatic rings. The Morgan fingerprint density at radius 2 is 1.03 bits per heavy atom. The van der Waals surface area contributed by atoms with Crippen LogP contribution < -0.4 is 65.4 Å². The number of anilines is 2. The minimum Gasteiger partial charge on any atom is -0.497 e. The highest BCUT2D eigenvalue weighted by Gasteiger charge is 2.17. The number of rotatable bonds is 19. The van der Waals surface area contributed by atoms with Gasteiger partial charge in [-0.1, -0.05) is 65.7 Å². The third-order valence-electron chi connectivity index (χ3n) is 9.68. The fourth-order valence-corrected chi connectivity index (χ4v) is 6.66. The molecule has 0 atom stereocenters. The Hall–Kier alpha value is -7.65. The van der Waals surface area contributed by atoms with Crippen molar-refractivity contribution in [1.82, 2.24) is 33.6 Å². The molecule has 9 N–H and O–H groups in total. The quantitative estimate of drug-likeness (QED) is 0.0387. The molecule has 0 aliphatic rings. The summed E-state index contributed by atoms with van der Waals surface area (Å²) in [6, 6.07) is 25.1. The molecule has 20 nitrogen and oxygen atoms in total. The molecule has 2 aromatic heterocycles. The van der Waals surface area contributed by atoms with Crippen molar-refractivity contribution < 1.29 is 13.9 Å². The fraction of sp³-hybridized carbons (Fsp3) is 0.289. The molecule has 0 unspecified atom stereocenters. The van der Waals surface area contributed by atoms with Gasteiger partial charge in [-0.05, 0) is 84.6 Å². The van der Waals surface area contributed by atoms with E-state index in [1.54, 1.807) is 56.7 Å². The number of methoxy groups -OCH3 is 2. The van der Waals surface area contributed by atoms with Crippen LogP contribution in [0.4, 0.5) is 16.3 Å².